The molecule has 2 atom stereocenters. The largest absolute Gasteiger partial charge is 0.337 e. The molecule has 1 N–H and O–H groups in total. The van der Waals surface area contributed by atoms with Crippen molar-refractivity contribution in [3.8, 4) is 11.4 Å². The molecule has 1 fully saturated rings. The number of carbonyl (C=O) groups excluding carboxylic acids is 1. The Morgan fingerprint density at radius 2 is 2.03 bits per heavy atom. The van der Waals surface area contributed by atoms with Crippen molar-refractivity contribution < 1.29 is 13.7 Å². The van der Waals surface area contributed by atoms with E-state index < -0.39 is 0 Å². The second kappa shape index (κ2) is 8.14. The Balaban J connectivity index is 1.29. The molecular weight excluding hydrogens is 477 g/mol. The van der Waals surface area contributed by atoms with Crippen LogP contribution < -0.4 is 5.43 Å². The zero-order valence-corrected chi connectivity index (χ0v) is 19.1. The van der Waals surface area contributed by atoms with E-state index in [1.807, 2.05) is 11.2 Å². The smallest absolute Gasteiger partial charge is 0.251 e. The van der Waals surface area contributed by atoms with Gasteiger partial charge in [0.2, 0.25) is 11.7 Å². The van der Waals surface area contributed by atoms with Crippen molar-refractivity contribution in [3.05, 3.63) is 81.7 Å². The van der Waals surface area contributed by atoms with Gasteiger partial charge in [-0.3, -0.25) is 4.79 Å². The summed E-state index contributed by atoms with van der Waals surface area (Å²) in [6, 6.07) is 10.7. The summed E-state index contributed by atoms with van der Waals surface area (Å²) >= 11 is 3.16. The Kier molecular flexibility index (Phi) is 5.30. The minimum atomic E-state index is -0.365. The quantitative estimate of drug-likeness (QED) is 0.576. The second-order valence-electron chi connectivity index (χ2n) is 8.09. The van der Waals surface area contributed by atoms with Crippen LogP contribution in [0.3, 0.4) is 0 Å². The van der Waals surface area contributed by atoms with Crippen LogP contribution in [0.1, 0.15) is 35.0 Å². The molecule has 32 heavy (non-hydrogen) atoms. The molecule has 2 aliphatic rings. The van der Waals surface area contributed by atoms with Crippen molar-refractivity contribution >= 4 is 21.8 Å². The lowest BCUT2D eigenvalue weighted by atomic mass is 9.97. The molecule has 1 aromatic heterocycles. The number of hydrogen-bond donors (Lipinski definition) is 1. The first-order chi connectivity index (χ1) is 15.4. The lowest BCUT2D eigenvalue weighted by molar-refractivity contribution is -0.135. The molecule has 0 radical (unpaired) electrons. The number of rotatable bonds is 4. The van der Waals surface area contributed by atoms with Crippen LogP contribution in [0, 0.1) is 19.7 Å². The number of fused-ring (bicyclic) bond motifs is 1. The normalized spacial score (nSPS) is 20.2. The second-order valence-corrected chi connectivity index (χ2v) is 8.94. The van der Waals surface area contributed by atoms with E-state index in [9.17, 15) is 9.18 Å². The first-order valence-electron chi connectivity index (χ1n) is 10.3. The molecule has 0 bridgehead atoms. The van der Waals surface area contributed by atoms with Crippen LogP contribution in [-0.4, -0.2) is 32.0 Å². The maximum atomic E-state index is 13.5. The van der Waals surface area contributed by atoms with Gasteiger partial charge in [0, 0.05) is 18.0 Å². The van der Waals surface area contributed by atoms with Gasteiger partial charge in [0.25, 0.3) is 5.91 Å². The van der Waals surface area contributed by atoms with Gasteiger partial charge < -0.3 is 14.4 Å². The fourth-order valence-corrected chi connectivity index (χ4v) is 4.36. The van der Waals surface area contributed by atoms with Crippen LogP contribution in [0.2, 0.25) is 0 Å². The molecule has 0 aliphatic carbocycles. The van der Waals surface area contributed by atoms with Crippen molar-refractivity contribution in [2.45, 2.75) is 38.9 Å². The van der Waals surface area contributed by atoms with Gasteiger partial charge in [0.05, 0.1) is 10.5 Å². The van der Waals surface area contributed by atoms with E-state index in [2.05, 4.69) is 63.5 Å². The summed E-state index contributed by atoms with van der Waals surface area (Å²) in [5, 5.41) is 5.84. The number of halogens is 2. The van der Waals surface area contributed by atoms with Gasteiger partial charge in [-0.1, -0.05) is 23.4 Å². The molecule has 9 heteroatoms. The highest BCUT2D eigenvalue weighted by molar-refractivity contribution is 9.10. The number of nitrogens with zero attached hydrogens (tertiary/aromatic N) is 4. The third-order valence-electron chi connectivity index (χ3n) is 5.96. The first kappa shape index (κ1) is 20.8. The van der Waals surface area contributed by atoms with E-state index >= 15 is 0 Å². The number of hydrazine groups is 1. The van der Waals surface area contributed by atoms with Crippen molar-refractivity contribution in [3.63, 3.8) is 0 Å². The van der Waals surface area contributed by atoms with Crippen LogP contribution in [0.4, 0.5) is 4.39 Å². The molecule has 0 spiro atoms. The minimum absolute atomic E-state index is 0.0318. The van der Waals surface area contributed by atoms with Gasteiger partial charge in [-0.25, -0.2) is 9.82 Å². The Hall–Kier alpha value is -3.04. The molecule has 3 aromatic rings. The number of amides is 1. The summed E-state index contributed by atoms with van der Waals surface area (Å²) < 4.78 is 19.1. The molecule has 3 heterocycles. The first-order valence-corrected chi connectivity index (χ1v) is 11.1. The molecule has 2 aromatic carbocycles. The number of benzene rings is 2. The molecule has 1 saturated heterocycles. The maximum Gasteiger partial charge on any atom is 0.251 e. The molecule has 5 rings (SSSR count). The standard InChI is InChI=1S/C23H21BrFN5O2/c1-13-3-4-15(9-14(13)2)19-11-20-23(31)29(7-8-30(20)27-19)12-21-26-22(28-32-21)16-5-6-18(25)17(24)10-16/h3-10,19-20,27H,11-12H2,1-2H3. The molecule has 1 amide bonds. The minimum Gasteiger partial charge on any atom is -0.337 e. The molecule has 2 aliphatic heterocycles. The summed E-state index contributed by atoms with van der Waals surface area (Å²) in [4.78, 5) is 19.1. The SMILES string of the molecule is Cc1ccc(C2CC3C(=O)N(Cc4nc(-c5ccc(F)c(Br)c5)no4)C=CN3N2)cc1C. The summed E-state index contributed by atoms with van der Waals surface area (Å²) in [5.74, 6) is 0.252. The number of carbonyl (C=O) groups is 1. The zero-order chi connectivity index (χ0) is 22.4. The van der Waals surface area contributed by atoms with E-state index in [1.165, 1.54) is 22.8 Å². The topological polar surface area (TPSA) is 74.5 Å². The molecule has 0 saturated carbocycles. The summed E-state index contributed by atoms with van der Waals surface area (Å²) in [5.41, 5.74) is 7.69. The Morgan fingerprint density at radius 3 is 2.81 bits per heavy atom. The van der Waals surface area contributed by atoms with Crippen molar-refractivity contribution in [2.24, 2.45) is 0 Å². The zero-order valence-electron chi connectivity index (χ0n) is 17.5. The third kappa shape index (κ3) is 3.82. The molecule has 2 unspecified atom stereocenters. The number of nitrogens with one attached hydrogen (secondary N) is 1. The molecular formula is C23H21BrFN5O2. The lowest BCUT2D eigenvalue weighted by Crippen LogP contribution is -2.47. The summed E-state index contributed by atoms with van der Waals surface area (Å²) in [6.45, 7) is 4.35. The van der Waals surface area contributed by atoms with Crippen LogP contribution >= 0.6 is 15.9 Å². The van der Waals surface area contributed by atoms with E-state index in [-0.39, 0.29) is 30.4 Å². The number of aryl methyl sites for hydroxylation is 2. The van der Waals surface area contributed by atoms with Crippen LogP contribution in [0.5, 0.6) is 0 Å². The summed E-state index contributed by atoms with van der Waals surface area (Å²) in [6.07, 6.45) is 4.25. The highest BCUT2D eigenvalue weighted by Gasteiger charge is 2.40. The van der Waals surface area contributed by atoms with E-state index in [0.717, 1.165) is 0 Å². The fourth-order valence-electron chi connectivity index (χ4n) is 3.98. The monoisotopic (exact) mass is 497 g/mol. The average molecular weight is 498 g/mol. The Bertz CT molecular complexity index is 1230. The van der Waals surface area contributed by atoms with Gasteiger partial charge in [0.15, 0.2) is 0 Å². The van der Waals surface area contributed by atoms with E-state index in [0.29, 0.717) is 28.2 Å². The number of hydrogen-bond acceptors (Lipinski definition) is 6. The van der Waals surface area contributed by atoms with Crippen molar-refractivity contribution in [1.82, 2.24) is 25.5 Å². The fraction of sp³-hybridized carbons (Fsp3) is 0.261. The predicted molar refractivity (Wildman–Crippen MR) is 119 cm³/mol. The third-order valence-corrected chi connectivity index (χ3v) is 6.57. The van der Waals surface area contributed by atoms with Crippen LogP contribution in [0.25, 0.3) is 11.4 Å². The van der Waals surface area contributed by atoms with Crippen molar-refractivity contribution in [2.75, 3.05) is 0 Å². The number of aromatic nitrogens is 2. The molecule has 7 nitrogen and oxygen atoms in total. The van der Waals surface area contributed by atoms with Gasteiger partial charge in [-0.05, 0) is 71.1 Å². The van der Waals surface area contributed by atoms with E-state index in [4.69, 9.17) is 4.52 Å². The van der Waals surface area contributed by atoms with E-state index in [1.54, 1.807) is 23.2 Å². The highest BCUT2D eigenvalue weighted by atomic mass is 79.9. The Morgan fingerprint density at radius 1 is 1.19 bits per heavy atom. The van der Waals surface area contributed by atoms with Gasteiger partial charge in [-0.2, -0.15) is 4.98 Å². The van der Waals surface area contributed by atoms with Crippen molar-refractivity contribution in [1.29, 1.82) is 0 Å². The van der Waals surface area contributed by atoms with Crippen LogP contribution in [0.15, 0.2) is 57.8 Å². The predicted octanol–water partition coefficient (Wildman–Crippen LogP) is 4.39. The lowest BCUT2D eigenvalue weighted by Gasteiger charge is -2.30. The summed E-state index contributed by atoms with van der Waals surface area (Å²) in [7, 11) is 0. The average Bonchev–Trinajstić information content (AvgIpc) is 3.42. The Labute approximate surface area is 193 Å². The highest BCUT2D eigenvalue weighted by Crippen LogP contribution is 2.32. The van der Waals surface area contributed by atoms with Crippen LogP contribution in [-0.2, 0) is 11.3 Å². The maximum absolute atomic E-state index is 13.5. The van der Waals surface area contributed by atoms with Gasteiger partial charge >= 0.3 is 0 Å². The molecule has 164 valence electrons. The van der Waals surface area contributed by atoms with Gasteiger partial charge in [-0.15, -0.1) is 0 Å². The van der Waals surface area contributed by atoms with Gasteiger partial charge in [0.1, 0.15) is 18.4 Å².